The summed E-state index contributed by atoms with van der Waals surface area (Å²) >= 11 is 0. The number of rotatable bonds is 8. The van der Waals surface area contributed by atoms with Gasteiger partial charge in [-0.1, -0.05) is 60.7 Å². The molecular weight excluding hydrogens is 522 g/mol. The number of piperidine rings is 1. The van der Waals surface area contributed by atoms with Gasteiger partial charge in [-0.2, -0.15) is 0 Å². The van der Waals surface area contributed by atoms with Gasteiger partial charge in [0.1, 0.15) is 24.8 Å². The lowest BCUT2D eigenvalue weighted by molar-refractivity contribution is -0.274. The average molecular weight is 556 g/mol. The Bertz CT molecular complexity index is 1300. The first kappa shape index (κ1) is 27.1. The third-order valence-electron chi connectivity index (χ3n) is 8.98. The zero-order valence-electron chi connectivity index (χ0n) is 22.2. The molecule has 3 saturated heterocycles. The van der Waals surface area contributed by atoms with E-state index in [0.717, 1.165) is 32.2 Å². The number of fused-ring (bicyclic) bond motifs is 3. The molecule has 0 saturated carbocycles. The predicted octanol–water partition coefficient (Wildman–Crippen LogP) is 7.53. The van der Waals surface area contributed by atoms with Crippen LogP contribution in [0.2, 0.25) is 0 Å². The highest BCUT2D eigenvalue weighted by molar-refractivity contribution is 5.45. The summed E-state index contributed by atoms with van der Waals surface area (Å²) in [6.07, 6.45) is -0.379. The minimum Gasteiger partial charge on any atom is -0.491 e. The molecule has 0 amide bonds. The van der Waals surface area contributed by atoms with Gasteiger partial charge >= 0.3 is 6.36 Å². The van der Waals surface area contributed by atoms with Crippen molar-refractivity contribution in [1.29, 1.82) is 0 Å². The Morgan fingerprint density at radius 3 is 2.38 bits per heavy atom. The molecule has 4 atom stereocenters. The Morgan fingerprint density at radius 2 is 1.65 bits per heavy atom. The zero-order valence-corrected chi connectivity index (χ0v) is 22.2. The normalized spacial score (nSPS) is 28.2. The Kier molecular flexibility index (Phi) is 7.25. The lowest BCUT2D eigenvalue weighted by Gasteiger charge is -2.56. The largest absolute Gasteiger partial charge is 0.573 e. The third-order valence-corrected chi connectivity index (χ3v) is 8.98. The highest BCUT2D eigenvalue weighted by Gasteiger charge is 2.66. The predicted molar refractivity (Wildman–Crippen MR) is 143 cm³/mol. The van der Waals surface area contributed by atoms with Gasteiger partial charge in [0.15, 0.2) is 0 Å². The molecule has 2 bridgehead atoms. The summed E-state index contributed by atoms with van der Waals surface area (Å²) in [5.74, 6) is -0.181. The molecule has 3 fully saturated rings. The van der Waals surface area contributed by atoms with E-state index in [4.69, 9.17) is 9.47 Å². The number of hydrogen-bond donors (Lipinski definition) is 0. The molecule has 3 aromatic rings. The Hall–Kier alpha value is -3.10. The van der Waals surface area contributed by atoms with Crippen LogP contribution in [0.4, 0.5) is 17.6 Å². The van der Waals surface area contributed by atoms with Crippen LogP contribution < -0.4 is 9.47 Å². The lowest BCUT2D eigenvalue weighted by atomic mass is 9.66. The van der Waals surface area contributed by atoms with E-state index >= 15 is 0 Å². The fraction of sp³-hybridized carbons (Fsp3) is 0.438. The summed E-state index contributed by atoms with van der Waals surface area (Å²) < 4.78 is 69.0. The topological polar surface area (TPSA) is 30.9 Å². The third kappa shape index (κ3) is 4.85. The van der Waals surface area contributed by atoms with E-state index in [1.54, 1.807) is 0 Å². The van der Waals surface area contributed by atoms with Gasteiger partial charge in [0.25, 0.3) is 0 Å². The molecule has 0 unspecified atom stereocenters. The summed E-state index contributed by atoms with van der Waals surface area (Å²) in [5, 5.41) is 0. The average Bonchev–Trinajstić information content (AvgIpc) is 3.49. The second kappa shape index (κ2) is 10.7. The van der Waals surface area contributed by atoms with E-state index in [1.165, 1.54) is 29.3 Å². The van der Waals surface area contributed by atoms with Crippen molar-refractivity contribution >= 4 is 0 Å². The quantitative estimate of drug-likeness (QED) is 0.269. The maximum Gasteiger partial charge on any atom is 0.573 e. The van der Waals surface area contributed by atoms with Crippen molar-refractivity contribution in [3.8, 4) is 11.5 Å². The molecule has 3 heterocycles. The summed E-state index contributed by atoms with van der Waals surface area (Å²) in [5.41, 5.74) is 2.07. The molecule has 0 radical (unpaired) electrons. The second-order valence-corrected chi connectivity index (χ2v) is 11.1. The van der Waals surface area contributed by atoms with Crippen LogP contribution in [0.25, 0.3) is 0 Å². The van der Waals surface area contributed by atoms with Crippen molar-refractivity contribution in [2.24, 2.45) is 0 Å². The molecule has 8 heteroatoms. The molecule has 3 aliphatic heterocycles. The fourth-order valence-corrected chi connectivity index (χ4v) is 7.47. The first-order valence-electron chi connectivity index (χ1n) is 13.9. The van der Waals surface area contributed by atoms with Gasteiger partial charge in [-0.3, -0.25) is 4.90 Å². The van der Waals surface area contributed by atoms with E-state index in [9.17, 15) is 17.6 Å². The van der Waals surface area contributed by atoms with Crippen molar-refractivity contribution in [3.63, 3.8) is 0 Å². The lowest BCUT2D eigenvalue weighted by Crippen LogP contribution is -2.63. The Balaban J connectivity index is 1.39. The van der Waals surface area contributed by atoms with Gasteiger partial charge in [0, 0.05) is 24.1 Å². The number of nitrogens with zero attached hydrogens (tertiary/aromatic N) is 1. The van der Waals surface area contributed by atoms with Crippen molar-refractivity contribution in [2.75, 3.05) is 19.9 Å². The maximum atomic E-state index is 13.1. The second-order valence-electron chi connectivity index (χ2n) is 11.1. The Morgan fingerprint density at radius 1 is 0.925 bits per heavy atom. The SMILES string of the molecule is FCCOc1ccc(OC(F)(F)F)cc1[C@H]1CO[C@]2(CC[C@H]3CC[C@]2(c2ccccc2)N3Cc2ccccc2)C1. The van der Waals surface area contributed by atoms with Crippen LogP contribution in [0, 0.1) is 0 Å². The zero-order chi connectivity index (χ0) is 27.8. The number of benzene rings is 3. The van der Waals surface area contributed by atoms with Crippen molar-refractivity contribution < 1.29 is 31.8 Å². The summed E-state index contributed by atoms with van der Waals surface area (Å²) in [6.45, 7) is 0.250. The first-order valence-corrected chi connectivity index (χ1v) is 13.9. The molecule has 6 rings (SSSR count). The molecule has 0 aromatic heterocycles. The number of halogens is 4. The van der Waals surface area contributed by atoms with Gasteiger partial charge < -0.3 is 14.2 Å². The number of ether oxygens (including phenoxy) is 3. The van der Waals surface area contributed by atoms with E-state index in [1.807, 2.05) is 12.1 Å². The van der Waals surface area contributed by atoms with E-state index in [2.05, 4.69) is 58.2 Å². The van der Waals surface area contributed by atoms with E-state index in [-0.39, 0.29) is 23.8 Å². The number of hydrogen-bond acceptors (Lipinski definition) is 4. The van der Waals surface area contributed by atoms with Crippen molar-refractivity contribution in [3.05, 3.63) is 95.6 Å². The molecule has 4 nitrogen and oxygen atoms in total. The first-order chi connectivity index (χ1) is 19.3. The molecule has 0 N–H and O–H groups in total. The van der Waals surface area contributed by atoms with Crippen LogP contribution in [-0.2, 0) is 16.8 Å². The fourth-order valence-electron chi connectivity index (χ4n) is 7.47. The van der Waals surface area contributed by atoms with E-state index in [0.29, 0.717) is 30.4 Å². The van der Waals surface area contributed by atoms with E-state index < -0.39 is 18.6 Å². The summed E-state index contributed by atoms with van der Waals surface area (Å²) in [4.78, 5) is 2.62. The van der Waals surface area contributed by atoms with Crippen LogP contribution in [0.15, 0.2) is 78.9 Å². The van der Waals surface area contributed by atoms with Crippen LogP contribution in [0.3, 0.4) is 0 Å². The van der Waals surface area contributed by atoms with Crippen LogP contribution in [-0.4, -0.2) is 42.8 Å². The molecule has 1 spiro atoms. The molecular formula is C32H33F4NO3. The molecule has 3 aromatic carbocycles. The smallest absolute Gasteiger partial charge is 0.491 e. The summed E-state index contributed by atoms with van der Waals surface area (Å²) in [7, 11) is 0. The van der Waals surface area contributed by atoms with Crippen molar-refractivity contribution in [1.82, 2.24) is 4.90 Å². The van der Waals surface area contributed by atoms with Crippen molar-refractivity contribution in [2.45, 2.75) is 68.1 Å². The number of alkyl halides is 4. The minimum atomic E-state index is -4.82. The van der Waals surface area contributed by atoms with Gasteiger partial charge in [-0.15, -0.1) is 13.2 Å². The highest BCUT2D eigenvalue weighted by Crippen LogP contribution is 2.62. The summed E-state index contributed by atoms with van der Waals surface area (Å²) in [6, 6.07) is 25.4. The monoisotopic (exact) mass is 555 g/mol. The van der Waals surface area contributed by atoms with Gasteiger partial charge in [-0.25, -0.2) is 4.39 Å². The maximum absolute atomic E-state index is 13.1. The molecule has 3 aliphatic rings. The molecule has 40 heavy (non-hydrogen) atoms. The molecule has 212 valence electrons. The standard InChI is InChI=1S/C32H33F4NO3/c33-17-18-38-29-12-11-27(40-32(34,35)36)19-28(29)24-20-30(39-22-24)15-13-26-14-16-31(30,25-9-5-2-6-10-25)37(26)21-23-7-3-1-4-8-23/h1-12,19,24,26H,13-18,20-22H2/t24-,26+,30-,31-/m1/s1. The molecule has 0 aliphatic carbocycles. The van der Waals surface area contributed by atoms with Crippen LogP contribution in [0.5, 0.6) is 11.5 Å². The van der Waals surface area contributed by atoms with Gasteiger partial charge in [0.05, 0.1) is 17.7 Å². The van der Waals surface area contributed by atoms with Gasteiger partial charge in [-0.05, 0) is 61.4 Å². The Labute approximate surface area is 231 Å². The van der Waals surface area contributed by atoms with Gasteiger partial charge in [0.2, 0.25) is 0 Å². The van der Waals surface area contributed by atoms with Crippen LogP contribution in [0.1, 0.15) is 54.7 Å². The van der Waals surface area contributed by atoms with Crippen LogP contribution >= 0.6 is 0 Å². The minimum absolute atomic E-state index is 0.175. The highest BCUT2D eigenvalue weighted by atomic mass is 19.4.